The molecule has 0 amide bonds. The van der Waals surface area contributed by atoms with Crippen LogP contribution in [0.5, 0.6) is 17.2 Å². The molecular weight excluding hydrogens is 290 g/mol. The van der Waals surface area contributed by atoms with Gasteiger partial charge in [-0.05, 0) is 55.0 Å². The van der Waals surface area contributed by atoms with Crippen LogP contribution in [0, 0.1) is 0 Å². The van der Waals surface area contributed by atoms with Crippen molar-refractivity contribution in [2.45, 2.75) is 18.2 Å². The van der Waals surface area contributed by atoms with E-state index in [1.807, 2.05) is 19.1 Å². The van der Waals surface area contributed by atoms with E-state index in [4.69, 9.17) is 14.6 Å². The molecule has 21 heavy (non-hydrogen) atoms. The molecule has 0 fully saturated rings. The minimum Gasteiger partial charge on any atom is -0.494 e. The number of hydrogen-bond donors (Lipinski definition) is 1. The van der Waals surface area contributed by atoms with Crippen LogP contribution in [0.3, 0.4) is 0 Å². The first-order valence-electron chi connectivity index (χ1n) is 6.52. The lowest BCUT2D eigenvalue weighted by molar-refractivity contribution is 0.317. The summed E-state index contributed by atoms with van der Waals surface area (Å²) in [5.74, 6) is 1.96. The van der Waals surface area contributed by atoms with Gasteiger partial charge in [0.2, 0.25) is 10.0 Å². The molecule has 0 saturated heterocycles. The van der Waals surface area contributed by atoms with E-state index in [1.54, 1.807) is 24.3 Å². The third-order valence-corrected chi connectivity index (χ3v) is 3.61. The Morgan fingerprint density at radius 2 is 1.38 bits per heavy atom. The van der Waals surface area contributed by atoms with E-state index in [-0.39, 0.29) is 4.90 Å². The molecule has 0 aliphatic heterocycles. The number of primary sulfonamides is 1. The van der Waals surface area contributed by atoms with Crippen LogP contribution in [-0.2, 0) is 10.0 Å². The molecule has 0 aliphatic rings. The number of hydrogen-bond acceptors (Lipinski definition) is 4. The van der Waals surface area contributed by atoms with Crippen molar-refractivity contribution in [1.82, 2.24) is 0 Å². The lowest BCUT2D eigenvalue weighted by atomic mass is 10.3. The summed E-state index contributed by atoms with van der Waals surface area (Å²) >= 11 is 0. The highest BCUT2D eigenvalue weighted by Gasteiger charge is 2.07. The predicted molar refractivity (Wildman–Crippen MR) is 80.1 cm³/mol. The van der Waals surface area contributed by atoms with Crippen LogP contribution < -0.4 is 14.6 Å². The Balaban J connectivity index is 2.04. The number of benzene rings is 2. The molecule has 0 atom stereocenters. The molecule has 0 heterocycles. The highest BCUT2D eigenvalue weighted by Crippen LogP contribution is 2.24. The second-order valence-corrected chi connectivity index (χ2v) is 6.00. The molecule has 0 unspecified atom stereocenters. The highest BCUT2D eigenvalue weighted by molar-refractivity contribution is 7.89. The van der Waals surface area contributed by atoms with E-state index >= 15 is 0 Å². The van der Waals surface area contributed by atoms with Gasteiger partial charge < -0.3 is 9.47 Å². The summed E-state index contributed by atoms with van der Waals surface area (Å²) < 4.78 is 33.4. The predicted octanol–water partition coefficient (Wildman–Crippen LogP) is 2.92. The van der Waals surface area contributed by atoms with Crippen molar-refractivity contribution in [2.24, 2.45) is 5.14 Å². The largest absolute Gasteiger partial charge is 0.494 e. The smallest absolute Gasteiger partial charge is 0.238 e. The molecule has 6 heteroatoms. The van der Waals surface area contributed by atoms with E-state index in [2.05, 4.69) is 0 Å². The maximum Gasteiger partial charge on any atom is 0.238 e. The van der Waals surface area contributed by atoms with E-state index in [0.29, 0.717) is 18.1 Å². The minimum absolute atomic E-state index is 0.0539. The number of sulfonamides is 1. The monoisotopic (exact) mass is 307 g/mol. The number of nitrogens with two attached hydrogens (primary N) is 1. The second-order valence-electron chi connectivity index (χ2n) is 4.44. The molecule has 2 rings (SSSR count). The molecule has 0 aliphatic carbocycles. The van der Waals surface area contributed by atoms with Gasteiger partial charge in [0, 0.05) is 0 Å². The van der Waals surface area contributed by atoms with Crippen molar-refractivity contribution in [3.63, 3.8) is 0 Å². The summed E-state index contributed by atoms with van der Waals surface area (Å²) in [5, 5.41) is 5.03. The molecule has 2 N–H and O–H groups in total. The van der Waals surface area contributed by atoms with E-state index in [1.165, 1.54) is 12.1 Å². The Bertz CT molecular complexity index is 679. The fraction of sp³-hybridized carbons (Fsp3) is 0.200. The van der Waals surface area contributed by atoms with Gasteiger partial charge in [0.1, 0.15) is 17.2 Å². The Morgan fingerprint density at radius 1 is 0.905 bits per heavy atom. The van der Waals surface area contributed by atoms with Crippen molar-refractivity contribution in [1.29, 1.82) is 0 Å². The average Bonchev–Trinajstić information content (AvgIpc) is 2.46. The molecule has 5 nitrogen and oxygen atoms in total. The fourth-order valence-electron chi connectivity index (χ4n) is 1.66. The SMILES string of the molecule is CCCOc1ccc(Oc2ccc(S(N)(=O)=O)cc2)cc1. The zero-order chi connectivity index (χ0) is 15.3. The molecule has 0 aromatic heterocycles. The summed E-state index contributed by atoms with van der Waals surface area (Å²) in [5.41, 5.74) is 0. The maximum absolute atomic E-state index is 11.1. The highest BCUT2D eigenvalue weighted by atomic mass is 32.2. The van der Waals surface area contributed by atoms with Crippen molar-refractivity contribution in [3.05, 3.63) is 48.5 Å². The third-order valence-electron chi connectivity index (χ3n) is 2.68. The average molecular weight is 307 g/mol. The van der Waals surface area contributed by atoms with Gasteiger partial charge in [0.15, 0.2) is 0 Å². The number of ether oxygens (including phenoxy) is 2. The topological polar surface area (TPSA) is 78.6 Å². The molecule has 0 saturated carbocycles. The molecule has 0 spiro atoms. The Morgan fingerprint density at radius 3 is 1.86 bits per heavy atom. The van der Waals surface area contributed by atoms with E-state index < -0.39 is 10.0 Å². The first-order chi connectivity index (χ1) is 9.99. The van der Waals surface area contributed by atoms with Gasteiger partial charge in [-0.25, -0.2) is 13.6 Å². The molecular formula is C15H17NO4S. The van der Waals surface area contributed by atoms with Crippen LogP contribution in [0.25, 0.3) is 0 Å². The van der Waals surface area contributed by atoms with E-state index in [9.17, 15) is 8.42 Å². The van der Waals surface area contributed by atoms with Crippen molar-refractivity contribution in [2.75, 3.05) is 6.61 Å². The molecule has 2 aromatic carbocycles. The minimum atomic E-state index is -3.68. The van der Waals surface area contributed by atoms with Crippen molar-refractivity contribution >= 4 is 10.0 Å². The van der Waals surface area contributed by atoms with Gasteiger partial charge in [-0.15, -0.1) is 0 Å². The standard InChI is InChI=1S/C15H17NO4S/c1-2-11-19-12-3-5-13(6-4-12)20-14-7-9-15(10-8-14)21(16,17)18/h3-10H,2,11H2,1H3,(H2,16,17,18). The van der Waals surface area contributed by atoms with Crippen molar-refractivity contribution < 1.29 is 17.9 Å². The van der Waals surface area contributed by atoms with Gasteiger partial charge in [0.05, 0.1) is 11.5 Å². The summed E-state index contributed by atoms with van der Waals surface area (Å²) in [6.45, 7) is 2.72. The lowest BCUT2D eigenvalue weighted by Crippen LogP contribution is -2.11. The summed E-state index contributed by atoms with van der Waals surface area (Å²) in [6, 6.07) is 13.2. The quantitative estimate of drug-likeness (QED) is 0.890. The van der Waals surface area contributed by atoms with Gasteiger partial charge in [-0.1, -0.05) is 6.92 Å². The second kappa shape index (κ2) is 6.60. The van der Waals surface area contributed by atoms with E-state index in [0.717, 1.165) is 12.2 Å². The fourth-order valence-corrected chi connectivity index (χ4v) is 2.17. The van der Waals surface area contributed by atoms with Crippen LogP contribution in [0.2, 0.25) is 0 Å². The van der Waals surface area contributed by atoms with Crippen molar-refractivity contribution in [3.8, 4) is 17.2 Å². The van der Waals surface area contributed by atoms with Gasteiger partial charge in [-0.2, -0.15) is 0 Å². The van der Waals surface area contributed by atoms with Crippen LogP contribution >= 0.6 is 0 Å². The van der Waals surface area contributed by atoms with Gasteiger partial charge >= 0.3 is 0 Å². The zero-order valence-corrected chi connectivity index (χ0v) is 12.5. The normalized spacial score (nSPS) is 11.1. The van der Waals surface area contributed by atoms with Gasteiger partial charge in [-0.3, -0.25) is 0 Å². The Hall–Kier alpha value is -2.05. The molecule has 0 bridgehead atoms. The zero-order valence-electron chi connectivity index (χ0n) is 11.7. The third kappa shape index (κ3) is 4.47. The summed E-state index contributed by atoms with van der Waals surface area (Å²) in [7, 11) is -3.68. The number of rotatable bonds is 6. The first-order valence-corrected chi connectivity index (χ1v) is 8.07. The first kappa shape index (κ1) is 15.3. The van der Waals surface area contributed by atoms with Crippen LogP contribution in [0.15, 0.2) is 53.4 Å². The van der Waals surface area contributed by atoms with Crippen LogP contribution in [0.1, 0.15) is 13.3 Å². The molecule has 112 valence electrons. The van der Waals surface area contributed by atoms with Crippen LogP contribution in [0.4, 0.5) is 0 Å². The summed E-state index contributed by atoms with van der Waals surface area (Å²) in [6.07, 6.45) is 0.953. The lowest BCUT2D eigenvalue weighted by Gasteiger charge is -2.08. The Labute approximate surface area is 124 Å². The maximum atomic E-state index is 11.1. The Kier molecular flexibility index (Phi) is 4.82. The molecule has 2 aromatic rings. The van der Waals surface area contributed by atoms with Gasteiger partial charge in [0.25, 0.3) is 0 Å². The van der Waals surface area contributed by atoms with Crippen LogP contribution in [-0.4, -0.2) is 15.0 Å². The summed E-state index contributed by atoms with van der Waals surface area (Å²) in [4.78, 5) is 0.0539. The molecule has 0 radical (unpaired) electrons.